The molecule has 1 fully saturated rings. The fraction of sp³-hybridized carbons (Fsp3) is 0.263. The lowest BCUT2D eigenvalue weighted by Crippen LogP contribution is -2.35. The Bertz CT molecular complexity index is 784. The molecule has 0 radical (unpaired) electrons. The first kappa shape index (κ1) is 16.5. The van der Waals surface area contributed by atoms with Gasteiger partial charge >= 0.3 is 5.97 Å². The Morgan fingerprint density at radius 2 is 1.75 bits per heavy atom. The van der Waals surface area contributed by atoms with Crippen molar-refractivity contribution in [2.24, 2.45) is 0 Å². The third-order valence-electron chi connectivity index (χ3n) is 4.39. The van der Waals surface area contributed by atoms with Gasteiger partial charge in [-0.15, -0.1) is 0 Å². The van der Waals surface area contributed by atoms with Crippen molar-refractivity contribution >= 4 is 23.5 Å². The van der Waals surface area contributed by atoms with Crippen molar-refractivity contribution in [2.75, 3.05) is 0 Å². The molecule has 0 atom stereocenters. The average molecular weight is 344 g/mol. The molecule has 1 saturated carbocycles. The zero-order valence-corrected chi connectivity index (χ0v) is 13.8. The fourth-order valence-corrected chi connectivity index (χ4v) is 3.28. The highest BCUT2D eigenvalue weighted by atomic mass is 35.5. The van der Waals surface area contributed by atoms with E-state index in [0.29, 0.717) is 17.0 Å². The van der Waals surface area contributed by atoms with Crippen LogP contribution in [-0.2, 0) is 16.8 Å². The third-order valence-corrected chi connectivity index (χ3v) is 4.72. The second-order valence-corrected chi connectivity index (χ2v) is 6.48. The Kier molecular flexibility index (Phi) is 4.58. The predicted molar refractivity (Wildman–Crippen MR) is 92.2 cm³/mol. The maximum atomic E-state index is 12.3. The van der Waals surface area contributed by atoms with Gasteiger partial charge in [-0.1, -0.05) is 48.0 Å². The van der Waals surface area contributed by atoms with Gasteiger partial charge in [0.15, 0.2) is 0 Å². The van der Waals surface area contributed by atoms with E-state index >= 15 is 0 Å². The number of carbonyl (C=O) groups is 2. The lowest BCUT2D eigenvalue weighted by atomic mass is 10.0. The monoisotopic (exact) mass is 343 g/mol. The quantitative estimate of drug-likeness (QED) is 0.838. The largest absolute Gasteiger partial charge is 0.478 e. The van der Waals surface area contributed by atoms with Crippen LogP contribution in [0, 0.1) is 0 Å². The summed E-state index contributed by atoms with van der Waals surface area (Å²) in [6.07, 6.45) is 2.38. The first-order valence-electron chi connectivity index (χ1n) is 7.89. The van der Waals surface area contributed by atoms with Crippen molar-refractivity contribution in [1.82, 2.24) is 5.32 Å². The van der Waals surface area contributed by atoms with E-state index in [2.05, 4.69) is 5.32 Å². The van der Waals surface area contributed by atoms with Gasteiger partial charge in [-0.25, -0.2) is 4.79 Å². The number of aromatic carboxylic acids is 1. The fourth-order valence-electron chi connectivity index (χ4n) is 2.96. The van der Waals surface area contributed by atoms with Gasteiger partial charge in [0.25, 0.3) is 0 Å². The highest BCUT2D eigenvalue weighted by Crippen LogP contribution is 2.47. The number of nitrogens with one attached hydrogen (secondary N) is 1. The smallest absolute Gasteiger partial charge is 0.335 e. The van der Waals surface area contributed by atoms with E-state index in [1.165, 1.54) is 0 Å². The molecule has 0 saturated heterocycles. The van der Waals surface area contributed by atoms with Gasteiger partial charge in [0.05, 0.1) is 11.1 Å². The average Bonchev–Trinajstić information content (AvgIpc) is 3.34. The van der Waals surface area contributed by atoms with Crippen LogP contribution >= 0.6 is 11.6 Å². The first-order chi connectivity index (χ1) is 11.5. The number of rotatable bonds is 6. The highest BCUT2D eigenvalue weighted by molar-refractivity contribution is 6.31. The van der Waals surface area contributed by atoms with Crippen molar-refractivity contribution in [3.8, 4) is 0 Å². The zero-order chi connectivity index (χ0) is 17.2. The molecule has 2 N–H and O–H groups in total. The number of aryl methyl sites for hydroxylation is 1. The summed E-state index contributed by atoms with van der Waals surface area (Å²) in [5.74, 6) is -1.06. The predicted octanol–water partition coefficient (Wildman–Crippen LogP) is 3.78. The Hall–Kier alpha value is -2.33. The van der Waals surface area contributed by atoms with Gasteiger partial charge in [0, 0.05) is 11.4 Å². The van der Waals surface area contributed by atoms with E-state index in [1.807, 2.05) is 24.3 Å². The van der Waals surface area contributed by atoms with Crippen molar-refractivity contribution in [2.45, 2.75) is 31.2 Å². The van der Waals surface area contributed by atoms with Crippen LogP contribution in [0.1, 0.15) is 40.7 Å². The number of carboxylic acid groups (broad SMARTS) is 1. The molecule has 0 unspecified atom stereocenters. The van der Waals surface area contributed by atoms with Gasteiger partial charge in [0.1, 0.15) is 0 Å². The van der Waals surface area contributed by atoms with E-state index < -0.39 is 5.97 Å². The molecule has 1 amide bonds. The maximum absolute atomic E-state index is 12.3. The van der Waals surface area contributed by atoms with Crippen molar-refractivity contribution in [1.29, 1.82) is 0 Å². The molecular weight excluding hydrogens is 326 g/mol. The number of hydrogen-bond acceptors (Lipinski definition) is 2. The summed E-state index contributed by atoms with van der Waals surface area (Å²) in [5, 5.41) is 12.9. The Balaban J connectivity index is 1.65. The number of benzene rings is 2. The Morgan fingerprint density at radius 1 is 1.08 bits per heavy atom. The van der Waals surface area contributed by atoms with E-state index in [9.17, 15) is 14.7 Å². The molecule has 1 aliphatic carbocycles. The van der Waals surface area contributed by atoms with Gasteiger partial charge in [0.2, 0.25) is 5.91 Å². The van der Waals surface area contributed by atoms with Crippen LogP contribution in [0.2, 0.25) is 5.02 Å². The molecule has 0 heterocycles. The summed E-state index contributed by atoms with van der Waals surface area (Å²) in [6, 6.07) is 14.3. The minimum absolute atomic E-state index is 0.0902. The summed E-state index contributed by atoms with van der Waals surface area (Å²) in [4.78, 5) is 23.5. The SMILES string of the molecule is O=C(CCc1ccccc1C(=O)O)NC1(c2ccccc2Cl)CC1. The lowest BCUT2D eigenvalue weighted by Gasteiger charge is -2.19. The summed E-state index contributed by atoms with van der Waals surface area (Å²) >= 11 is 6.24. The molecule has 124 valence electrons. The minimum atomic E-state index is -0.972. The summed E-state index contributed by atoms with van der Waals surface area (Å²) in [6.45, 7) is 0. The normalized spacial score (nSPS) is 14.9. The van der Waals surface area contributed by atoms with Crippen LogP contribution in [0.5, 0.6) is 0 Å². The lowest BCUT2D eigenvalue weighted by molar-refractivity contribution is -0.122. The third kappa shape index (κ3) is 3.44. The molecule has 0 bridgehead atoms. The van der Waals surface area contributed by atoms with Crippen LogP contribution in [-0.4, -0.2) is 17.0 Å². The van der Waals surface area contributed by atoms with Gasteiger partial charge in [-0.05, 0) is 42.5 Å². The maximum Gasteiger partial charge on any atom is 0.335 e. The van der Waals surface area contributed by atoms with E-state index in [1.54, 1.807) is 24.3 Å². The number of hydrogen-bond donors (Lipinski definition) is 2. The summed E-state index contributed by atoms with van der Waals surface area (Å²) < 4.78 is 0. The molecule has 24 heavy (non-hydrogen) atoms. The minimum Gasteiger partial charge on any atom is -0.478 e. The first-order valence-corrected chi connectivity index (χ1v) is 8.27. The van der Waals surface area contributed by atoms with Crippen LogP contribution in [0.25, 0.3) is 0 Å². The second-order valence-electron chi connectivity index (χ2n) is 6.07. The van der Waals surface area contributed by atoms with Crippen molar-refractivity contribution in [3.63, 3.8) is 0 Å². The Labute approximate surface area is 145 Å². The molecule has 0 aliphatic heterocycles. The molecule has 5 heteroatoms. The van der Waals surface area contributed by atoms with E-state index in [0.717, 1.165) is 18.4 Å². The molecule has 1 aliphatic rings. The summed E-state index contributed by atoms with van der Waals surface area (Å²) in [7, 11) is 0. The zero-order valence-electron chi connectivity index (χ0n) is 13.1. The van der Waals surface area contributed by atoms with Crippen LogP contribution in [0.3, 0.4) is 0 Å². The number of amides is 1. The van der Waals surface area contributed by atoms with Crippen LogP contribution < -0.4 is 5.32 Å². The molecule has 2 aromatic carbocycles. The molecule has 2 aromatic rings. The number of halogens is 1. The molecule has 4 nitrogen and oxygen atoms in total. The van der Waals surface area contributed by atoms with Gasteiger partial charge in [-0.3, -0.25) is 4.79 Å². The molecule has 3 rings (SSSR count). The van der Waals surface area contributed by atoms with Gasteiger partial charge in [-0.2, -0.15) is 0 Å². The molecular formula is C19H18ClNO3. The van der Waals surface area contributed by atoms with E-state index in [4.69, 9.17) is 11.6 Å². The van der Waals surface area contributed by atoms with Crippen molar-refractivity contribution in [3.05, 3.63) is 70.2 Å². The number of carboxylic acids is 1. The highest BCUT2D eigenvalue weighted by Gasteiger charge is 2.46. The Morgan fingerprint density at radius 3 is 2.42 bits per heavy atom. The van der Waals surface area contributed by atoms with Crippen LogP contribution in [0.15, 0.2) is 48.5 Å². The van der Waals surface area contributed by atoms with Crippen molar-refractivity contribution < 1.29 is 14.7 Å². The topological polar surface area (TPSA) is 66.4 Å². The molecule has 0 aromatic heterocycles. The molecule has 0 spiro atoms. The van der Waals surface area contributed by atoms with Gasteiger partial charge < -0.3 is 10.4 Å². The standard InChI is InChI=1S/C19H18ClNO3/c20-16-8-4-3-7-15(16)19(11-12-19)21-17(22)10-9-13-5-1-2-6-14(13)18(23)24/h1-8H,9-12H2,(H,21,22)(H,23,24). The van der Waals surface area contributed by atoms with Crippen LogP contribution in [0.4, 0.5) is 0 Å². The second kappa shape index (κ2) is 6.65. The summed E-state index contributed by atoms with van der Waals surface area (Å²) in [5.41, 5.74) is 1.51. The number of carbonyl (C=O) groups excluding carboxylic acids is 1. The van der Waals surface area contributed by atoms with E-state index in [-0.39, 0.29) is 23.4 Å².